The minimum atomic E-state index is -2.91. The van der Waals surface area contributed by atoms with E-state index in [1.165, 1.54) is 0 Å². The van der Waals surface area contributed by atoms with Crippen LogP contribution in [0.4, 0.5) is 0 Å². The third kappa shape index (κ3) is 3.93. The minimum absolute atomic E-state index is 0.120. The highest BCUT2D eigenvalue weighted by atomic mass is 32.2. The van der Waals surface area contributed by atoms with Crippen molar-refractivity contribution in [2.75, 3.05) is 37.7 Å². The predicted octanol–water partition coefficient (Wildman–Crippen LogP) is -0.830. The number of aliphatic carboxylic acids is 1. The SMILES string of the molecule is CCNC(C)(CN1CCS(=O)(=O)CC1)C(=O)O. The highest BCUT2D eigenvalue weighted by Gasteiger charge is 2.35. The summed E-state index contributed by atoms with van der Waals surface area (Å²) in [5.41, 5.74) is -1.02. The van der Waals surface area contributed by atoms with Gasteiger partial charge in [-0.3, -0.25) is 9.69 Å². The van der Waals surface area contributed by atoms with Crippen LogP contribution in [0.15, 0.2) is 0 Å². The molecular weight excluding hydrogens is 244 g/mol. The van der Waals surface area contributed by atoms with Crippen molar-refractivity contribution in [3.63, 3.8) is 0 Å². The maximum Gasteiger partial charge on any atom is 0.324 e. The average molecular weight is 264 g/mol. The smallest absolute Gasteiger partial charge is 0.324 e. The van der Waals surface area contributed by atoms with Gasteiger partial charge >= 0.3 is 5.97 Å². The molecule has 7 heteroatoms. The van der Waals surface area contributed by atoms with E-state index in [9.17, 15) is 18.3 Å². The third-order valence-electron chi connectivity index (χ3n) is 3.02. The fourth-order valence-electron chi connectivity index (χ4n) is 1.94. The van der Waals surface area contributed by atoms with Gasteiger partial charge in [-0.1, -0.05) is 6.92 Å². The van der Waals surface area contributed by atoms with E-state index in [2.05, 4.69) is 5.32 Å². The van der Waals surface area contributed by atoms with Crippen molar-refractivity contribution in [2.45, 2.75) is 19.4 Å². The van der Waals surface area contributed by atoms with Gasteiger partial charge in [0.15, 0.2) is 9.84 Å². The van der Waals surface area contributed by atoms with Gasteiger partial charge in [-0.15, -0.1) is 0 Å². The molecule has 0 spiro atoms. The van der Waals surface area contributed by atoms with Gasteiger partial charge in [0.1, 0.15) is 5.54 Å². The summed E-state index contributed by atoms with van der Waals surface area (Å²) in [7, 11) is -2.91. The number of carboxylic acid groups (broad SMARTS) is 1. The van der Waals surface area contributed by atoms with Gasteiger partial charge in [0, 0.05) is 19.6 Å². The molecule has 1 atom stereocenters. The normalized spacial score (nSPS) is 24.1. The number of nitrogens with zero attached hydrogens (tertiary/aromatic N) is 1. The second-order valence-electron chi connectivity index (χ2n) is 4.60. The summed E-state index contributed by atoms with van der Waals surface area (Å²) in [5.74, 6) is -0.670. The fraction of sp³-hybridized carbons (Fsp3) is 0.900. The zero-order valence-electron chi connectivity index (χ0n) is 10.3. The maximum absolute atomic E-state index is 11.3. The van der Waals surface area contributed by atoms with Crippen molar-refractivity contribution in [1.29, 1.82) is 0 Å². The molecule has 0 aromatic carbocycles. The molecule has 1 heterocycles. The van der Waals surface area contributed by atoms with E-state index in [0.29, 0.717) is 26.2 Å². The molecule has 0 aromatic heterocycles. The lowest BCUT2D eigenvalue weighted by Crippen LogP contribution is -2.58. The molecule has 0 aliphatic carbocycles. The van der Waals surface area contributed by atoms with Crippen molar-refractivity contribution < 1.29 is 18.3 Å². The van der Waals surface area contributed by atoms with Crippen LogP contribution in [0.25, 0.3) is 0 Å². The van der Waals surface area contributed by atoms with Crippen LogP contribution in [0.2, 0.25) is 0 Å². The molecule has 6 nitrogen and oxygen atoms in total. The molecule has 100 valence electrons. The molecule has 0 saturated carbocycles. The Kier molecular flexibility index (Phi) is 4.51. The number of carboxylic acids is 1. The van der Waals surface area contributed by atoms with Gasteiger partial charge in [0.2, 0.25) is 0 Å². The summed E-state index contributed by atoms with van der Waals surface area (Å²) >= 11 is 0. The Morgan fingerprint density at radius 1 is 1.41 bits per heavy atom. The minimum Gasteiger partial charge on any atom is -0.480 e. The number of likely N-dealkylation sites (N-methyl/N-ethyl adjacent to an activating group) is 1. The van der Waals surface area contributed by atoms with Crippen LogP contribution >= 0.6 is 0 Å². The predicted molar refractivity (Wildman–Crippen MR) is 64.8 cm³/mol. The van der Waals surface area contributed by atoms with E-state index >= 15 is 0 Å². The Morgan fingerprint density at radius 2 is 1.94 bits per heavy atom. The summed E-state index contributed by atoms with van der Waals surface area (Å²) < 4.78 is 22.5. The number of sulfone groups is 1. The summed E-state index contributed by atoms with van der Waals surface area (Å²) in [4.78, 5) is 13.1. The van der Waals surface area contributed by atoms with Crippen molar-refractivity contribution in [3.05, 3.63) is 0 Å². The number of rotatable bonds is 5. The van der Waals surface area contributed by atoms with E-state index in [1.807, 2.05) is 11.8 Å². The second-order valence-corrected chi connectivity index (χ2v) is 6.90. The van der Waals surface area contributed by atoms with Crippen molar-refractivity contribution >= 4 is 15.8 Å². The lowest BCUT2D eigenvalue weighted by Gasteiger charge is -2.34. The largest absolute Gasteiger partial charge is 0.480 e. The fourth-order valence-corrected chi connectivity index (χ4v) is 3.22. The lowest BCUT2D eigenvalue weighted by molar-refractivity contribution is -0.145. The first kappa shape index (κ1) is 14.4. The van der Waals surface area contributed by atoms with Gasteiger partial charge in [-0.05, 0) is 13.5 Å². The first-order valence-electron chi connectivity index (χ1n) is 5.70. The topological polar surface area (TPSA) is 86.7 Å². The Labute approximate surface area is 102 Å². The van der Waals surface area contributed by atoms with E-state index in [0.717, 1.165) is 0 Å². The number of nitrogens with one attached hydrogen (secondary N) is 1. The van der Waals surface area contributed by atoms with Gasteiger partial charge in [-0.2, -0.15) is 0 Å². The third-order valence-corrected chi connectivity index (χ3v) is 4.63. The standard InChI is InChI=1S/C10H20N2O4S/c1-3-11-10(2,9(13)14)8-12-4-6-17(15,16)7-5-12/h11H,3-8H2,1-2H3,(H,13,14). The zero-order valence-corrected chi connectivity index (χ0v) is 11.1. The van der Waals surface area contributed by atoms with Gasteiger partial charge in [0.25, 0.3) is 0 Å². The molecule has 1 rings (SSSR count). The molecule has 2 N–H and O–H groups in total. The highest BCUT2D eigenvalue weighted by molar-refractivity contribution is 7.91. The molecule has 0 radical (unpaired) electrons. The van der Waals surface area contributed by atoms with Crippen LogP contribution in [0.3, 0.4) is 0 Å². The summed E-state index contributed by atoms with van der Waals surface area (Å²) in [6.45, 7) is 5.19. The Bertz CT molecular complexity index is 368. The van der Waals surface area contributed by atoms with Crippen LogP contribution in [0, 0.1) is 0 Å². The van der Waals surface area contributed by atoms with E-state index in [4.69, 9.17) is 0 Å². The zero-order chi connectivity index (χ0) is 13.1. The molecule has 0 amide bonds. The van der Waals surface area contributed by atoms with E-state index in [1.54, 1.807) is 6.92 Å². The molecular formula is C10H20N2O4S. The molecule has 1 aliphatic heterocycles. The van der Waals surface area contributed by atoms with E-state index in [-0.39, 0.29) is 11.5 Å². The Morgan fingerprint density at radius 3 is 2.35 bits per heavy atom. The monoisotopic (exact) mass is 264 g/mol. The highest BCUT2D eigenvalue weighted by Crippen LogP contribution is 2.11. The quantitative estimate of drug-likeness (QED) is 0.674. The van der Waals surface area contributed by atoms with Crippen molar-refractivity contribution in [3.8, 4) is 0 Å². The van der Waals surface area contributed by atoms with Crippen LogP contribution < -0.4 is 5.32 Å². The first-order chi connectivity index (χ1) is 7.79. The maximum atomic E-state index is 11.3. The lowest BCUT2D eigenvalue weighted by atomic mass is 10.0. The Hall–Kier alpha value is -0.660. The summed E-state index contributed by atoms with van der Waals surface area (Å²) in [5, 5.41) is 12.1. The van der Waals surface area contributed by atoms with Crippen molar-refractivity contribution in [1.82, 2.24) is 10.2 Å². The second kappa shape index (κ2) is 5.32. The molecule has 1 aliphatic rings. The molecule has 0 bridgehead atoms. The molecule has 1 saturated heterocycles. The van der Waals surface area contributed by atoms with Crippen LogP contribution in [0.5, 0.6) is 0 Å². The number of hydrogen-bond acceptors (Lipinski definition) is 5. The number of carbonyl (C=O) groups is 1. The average Bonchev–Trinajstić information content (AvgIpc) is 2.21. The molecule has 0 aromatic rings. The molecule has 1 unspecified atom stereocenters. The van der Waals surface area contributed by atoms with Crippen LogP contribution in [-0.2, 0) is 14.6 Å². The molecule has 17 heavy (non-hydrogen) atoms. The van der Waals surface area contributed by atoms with Gasteiger partial charge in [0.05, 0.1) is 11.5 Å². The van der Waals surface area contributed by atoms with Crippen molar-refractivity contribution in [2.24, 2.45) is 0 Å². The number of hydrogen-bond donors (Lipinski definition) is 2. The first-order valence-corrected chi connectivity index (χ1v) is 7.52. The van der Waals surface area contributed by atoms with Crippen LogP contribution in [0.1, 0.15) is 13.8 Å². The van der Waals surface area contributed by atoms with Crippen LogP contribution in [-0.4, -0.2) is 67.6 Å². The summed E-state index contributed by atoms with van der Waals surface area (Å²) in [6.07, 6.45) is 0. The summed E-state index contributed by atoms with van der Waals surface area (Å²) in [6, 6.07) is 0. The Balaban J connectivity index is 2.61. The van der Waals surface area contributed by atoms with Gasteiger partial charge < -0.3 is 10.4 Å². The van der Waals surface area contributed by atoms with Gasteiger partial charge in [-0.25, -0.2) is 8.42 Å². The molecule has 1 fully saturated rings. The van der Waals surface area contributed by atoms with E-state index < -0.39 is 21.3 Å².